The lowest BCUT2D eigenvalue weighted by Gasteiger charge is -2.02. The predicted molar refractivity (Wildman–Crippen MR) is 88.4 cm³/mol. The first-order valence-corrected chi connectivity index (χ1v) is 7.45. The monoisotopic (exact) mass is 340 g/mol. The van der Waals surface area contributed by atoms with Gasteiger partial charge < -0.3 is 5.11 Å². The molecule has 2 N–H and O–H groups in total. The third kappa shape index (κ3) is 3.55. The van der Waals surface area contributed by atoms with Crippen LogP contribution in [0.25, 0.3) is 0 Å². The molecule has 3 aromatic rings. The molecule has 9 heteroatoms. The van der Waals surface area contributed by atoms with E-state index in [0.29, 0.717) is 6.54 Å². The number of rotatable bonds is 5. The molecule has 0 fully saturated rings. The quantitative estimate of drug-likeness (QED) is 0.724. The molecule has 0 unspecified atom stereocenters. The third-order valence-corrected chi connectivity index (χ3v) is 3.61. The van der Waals surface area contributed by atoms with Crippen LogP contribution in [-0.2, 0) is 13.6 Å². The highest BCUT2D eigenvalue weighted by Gasteiger charge is 2.22. The van der Waals surface area contributed by atoms with Gasteiger partial charge in [-0.3, -0.25) is 14.8 Å². The summed E-state index contributed by atoms with van der Waals surface area (Å²) in [6.45, 7) is 2.52. The van der Waals surface area contributed by atoms with Crippen LogP contribution in [0.5, 0.6) is 0 Å². The second-order valence-electron chi connectivity index (χ2n) is 5.54. The molecule has 1 aromatic carbocycles. The maximum Gasteiger partial charge on any atom is 0.354 e. The summed E-state index contributed by atoms with van der Waals surface area (Å²) < 4.78 is 2.71. The van der Waals surface area contributed by atoms with Crippen LogP contribution in [0.4, 0.5) is 5.95 Å². The molecule has 0 spiro atoms. The second-order valence-corrected chi connectivity index (χ2v) is 5.54. The summed E-state index contributed by atoms with van der Waals surface area (Å²) in [5.74, 6) is -1.76. The Hall–Kier alpha value is -3.49. The molecule has 2 heterocycles. The van der Waals surface area contributed by atoms with Gasteiger partial charge in [0, 0.05) is 7.05 Å². The molecule has 25 heavy (non-hydrogen) atoms. The first kappa shape index (κ1) is 16.4. The molecule has 0 saturated carbocycles. The second kappa shape index (κ2) is 6.56. The van der Waals surface area contributed by atoms with Crippen LogP contribution >= 0.6 is 0 Å². The third-order valence-electron chi connectivity index (χ3n) is 3.61. The van der Waals surface area contributed by atoms with Crippen molar-refractivity contribution in [2.45, 2.75) is 13.5 Å². The lowest BCUT2D eigenvalue weighted by Crippen LogP contribution is -2.18. The van der Waals surface area contributed by atoms with Gasteiger partial charge in [-0.05, 0) is 12.5 Å². The lowest BCUT2D eigenvalue weighted by atomic mass is 10.1. The summed E-state index contributed by atoms with van der Waals surface area (Å²) in [5, 5.41) is 19.6. The average Bonchev–Trinajstić information content (AvgIpc) is 3.16. The smallest absolute Gasteiger partial charge is 0.354 e. The number of aryl methyl sites for hydroxylation is 2. The van der Waals surface area contributed by atoms with Gasteiger partial charge in [-0.2, -0.15) is 5.10 Å². The summed E-state index contributed by atoms with van der Waals surface area (Å²) in [4.78, 5) is 27.5. The summed E-state index contributed by atoms with van der Waals surface area (Å²) in [6.07, 6.45) is 2.69. The standard InChI is InChI=1S/C16H16N6O3/c1-10-3-5-11(6-4-10)8-22-9-17-16(20-22)19-14(23)12-7-18-21(2)13(12)15(24)25/h3-7,9H,8H2,1-2H3,(H,24,25)(H,19,20,23). The van der Waals surface area contributed by atoms with Gasteiger partial charge in [0.15, 0.2) is 5.69 Å². The minimum atomic E-state index is -1.23. The van der Waals surface area contributed by atoms with Crippen molar-refractivity contribution in [1.82, 2.24) is 24.5 Å². The van der Waals surface area contributed by atoms with Crippen LogP contribution in [0.1, 0.15) is 32.0 Å². The predicted octanol–water partition coefficient (Wildman–Crippen LogP) is 1.32. The van der Waals surface area contributed by atoms with E-state index in [9.17, 15) is 9.59 Å². The highest BCUT2D eigenvalue weighted by atomic mass is 16.4. The SMILES string of the molecule is Cc1ccc(Cn2cnc(NC(=O)c3cnn(C)c3C(=O)O)n2)cc1. The number of amides is 1. The summed E-state index contributed by atoms with van der Waals surface area (Å²) >= 11 is 0. The van der Waals surface area contributed by atoms with E-state index in [4.69, 9.17) is 5.11 Å². The largest absolute Gasteiger partial charge is 0.477 e. The molecular weight excluding hydrogens is 324 g/mol. The van der Waals surface area contributed by atoms with Gasteiger partial charge in [0.25, 0.3) is 5.91 Å². The number of carboxylic acids is 1. The van der Waals surface area contributed by atoms with Crippen molar-refractivity contribution < 1.29 is 14.7 Å². The zero-order valence-electron chi connectivity index (χ0n) is 13.7. The number of hydrogen-bond acceptors (Lipinski definition) is 5. The van der Waals surface area contributed by atoms with E-state index in [1.165, 1.54) is 25.1 Å². The first-order valence-electron chi connectivity index (χ1n) is 7.45. The molecule has 0 atom stereocenters. The number of benzene rings is 1. The van der Waals surface area contributed by atoms with Gasteiger partial charge in [0.2, 0.25) is 5.95 Å². The van der Waals surface area contributed by atoms with E-state index in [-0.39, 0.29) is 17.2 Å². The Balaban J connectivity index is 1.72. The Morgan fingerprint density at radius 1 is 1.24 bits per heavy atom. The van der Waals surface area contributed by atoms with Crippen molar-refractivity contribution in [1.29, 1.82) is 0 Å². The van der Waals surface area contributed by atoms with Gasteiger partial charge in [0.1, 0.15) is 6.33 Å². The van der Waals surface area contributed by atoms with Crippen molar-refractivity contribution in [3.63, 3.8) is 0 Å². The maximum atomic E-state index is 12.2. The van der Waals surface area contributed by atoms with E-state index in [1.54, 1.807) is 4.68 Å². The molecule has 2 aromatic heterocycles. The molecule has 0 saturated heterocycles. The van der Waals surface area contributed by atoms with E-state index < -0.39 is 11.9 Å². The van der Waals surface area contributed by atoms with Crippen LogP contribution < -0.4 is 5.32 Å². The summed E-state index contributed by atoms with van der Waals surface area (Å²) in [6, 6.07) is 7.99. The fraction of sp³-hybridized carbons (Fsp3) is 0.188. The van der Waals surface area contributed by atoms with Gasteiger partial charge in [-0.1, -0.05) is 29.8 Å². The van der Waals surface area contributed by atoms with Crippen LogP contribution in [-0.4, -0.2) is 41.5 Å². The van der Waals surface area contributed by atoms with Crippen LogP contribution in [0.3, 0.4) is 0 Å². The molecule has 9 nitrogen and oxygen atoms in total. The van der Waals surface area contributed by atoms with E-state index in [2.05, 4.69) is 20.5 Å². The number of carboxylic acid groups (broad SMARTS) is 1. The van der Waals surface area contributed by atoms with Gasteiger partial charge in [-0.25, -0.2) is 14.5 Å². The van der Waals surface area contributed by atoms with Gasteiger partial charge in [-0.15, -0.1) is 5.10 Å². The number of nitrogens with zero attached hydrogens (tertiary/aromatic N) is 5. The van der Waals surface area contributed by atoms with E-state index in [1.807, 2.05) is 31.2 Å². The highest BCUT2D eigenvalue weighted by Crippen LogP contribution is 2.11. The molecule has 0 bridgehead atoms. The maximum absolute atomic E-state index is 12.2. The topological polar surface area (TPSA) is 115 Å². The lowest BCUT2D eigenvalue weighted by molar-refractivity contribution is 0.0680. The molecule has 0 radical (unpaired) electrons. The van der Waals surface area contributed by atoms with Crippen LogP contribution in [0, 0.1) is 6.92 Å². The molecule has 3 rings (SSSR count). The Morgan fingerprint density at radius 3 is 2.64 bits per heavy atom. The van der Waals surface area contributed by atoms with Gasteiger partial charge >= 0.3 is 5.97 Å². The minimum Gasteiger partial charge on any atom is -0.477 e. The Kier molecular flexibility index (Phi) is 4.29. The fourth-order valence-electron chi connectivity index (χ4n) is 2.33. The van der Waals surface area contributed by atoms with E-state index in [0.717, 1.165) is 10.2 Å². The zero-order valence-corrected chi connectivity index (χ0v) is 13.7. The number of nitrogens with one attached hydrogen (secondary N) is 1. The van der Waals surface area contributed by atoms with Crippen LogP contribution in [0.15, 0.2) is 36.8 Å². The zero-order chi connectivity index (χ0) is 18.0. The minimum absolute atomic E-state index is 0.0510. The fourth-order valence-corrected chi connectivity index (χ4v) is 2.33. The number of carbonyl (C=O) groups excluding carboxylic acids is 1. The molecule has 0 aliphatic rings. The Morgan fingerprint density at radius 2 is 1.96 bits per heavy atom. The summed E-state index contributed by atoms with van der Waals surface area (Å²) in [5.41, 5.74) is 1.97. The number of aromatic carboxylic acids is 1. The van der Waals surface area contributed by atoms with Crippen molar-refractivity contribution in [2.75, 3.05) is 5.32 Å². The molecule has 1 amide bonds. The number of aromatic nitrogens is 5. The van der Waals surface area contributed by atoms with Crippen molar-refractivity contribution in [3.8, 4) is 0 Å². The van der Waals surface area contributed by atoms with Gasteiger partial charge in [0.05, 0.1) is 18.3 Å². The summed E-state index contributed by atoms with van der Waals surface area (Å²) in [7, 11) is 1.45. The molecule has 0 aliphatic heterocycles. The number of hydrogen-bond donors (Lipinski definition) is 2. The molecular formula is C16H16N6O3. The molecule has 0 aliphatic carbocycles. The van der Waals surface area contributed by atoms with E-state index >= 15 is 0 Å². The van der Waals surface area contributed by atoms with Crippen molar-refractivity contribution in [3.05, 3.63) is 59.2 Å². The highest BCUT2D eigenvalue weighted by molar-refractivity contribution is 6.09. The van der Waals surface area contributed by atoms with Crippen molar-refractivity contribution >= 4 is 17.8 Å². The number of anilines is 1. The normalized spacial score (nSPS) is 10.6. The Labute approximate surface area is 142 Å². The number of carbonyl (C=O) groups is 2. The first-order chi connectivity index (χ1) is 11.9. The molecule has 128 valence electrons. The van der Waals surface area contributed by atoms with Crippen molar-refractivity contribution in [2.24, 2.45) is 7.05 Å². The Bertz CT molecular complexity index is 926. The average molecular weight is 340 g/mol. The van der Waals surface area contributed by atoms with Crippen LogP contribution in [0.2, 0.25) is 0 Å².